The van der Waals surface area contributed by atoms with Gasteiger partial charge in [0.25, 0.3) is 0 Å². The molecule has 0 aliphatic carbocycles. The van der Waals surface area contributed by atoms with Crippen LogP contribution in [0.15, 0.2) is 65.6 Å². The van der Waals surface area contributed by atoms with Crippen LogP contribution in [0, 0.1) is 0 Å². The predicted octanol–water partition coefficient (Wildman–Crippen LogP) is 3.64. The molecule has 0 radical (unpaired) electrons. The normalized spacial score (nSPS) is 16.5. The third-order valence-corrected chi connectivity index (χ3v) is 5.52. The molecule has 3 rings (SSSR count). The van der Waals surface area contributed by atoms with Crippen molar-refractivity contribution < 1.29 is 9.53 Å². The first-order valence-corrected chi connectivity index (χ1v) is 9.39. The van der Waals surface area contributed by atoms with Crippen LogP contribution in [0.25, 0.3) is 0 Å². The van der Waals surface area contributed by atoms with E-state index < -0.39 is 5.41 Å². The van der Waals surface area contributed by atoms with E-state index in [0.29, 0.717) is 19.8 Å². The quantitative estimate of drug-likeness (QED) is 0.644. The minimum absolute atomic E-state index is 0.130. The number of ether oxygens (including phenoxy) is 1. The summed E-state index contributed by atoms with van der Waals surface area (Å²) in [4.78, 5) is 14.2. The Labute approximate surface area is 147 Å². The van der Waals surface area contributed by atoms with Crippen LogP contribution < -0.4 is 5.32 Å². The van der Waals surface area contributed by atoms with E-state index in [0.717, 1.165) is 24.2 Å². The number of carbonyl (C=O) groups is 1. The summed E-state index contributed by atoms with van der Waals surface area (Å²) >= 11 is 1.76. The summed E-state index contributed by atoms with van der Waals surface area (Å²) in [5.74, 6) is 1.00. The third-order valence-electron chi connectivity index (χ3n) is 4.51. The first kappa shape index (κ1) is 17.1. The molecule has 1 amide bonds. The molecule has 0 saturated carbocycles. The predicted molar refractivity (Wildman–Crippen MR) is 98.3 cm³/mol. The summed E-state index contributed by atoms with van der Waals surface area (Å²) < 4.78 is 5.50. The van der Waals surface area contributed by atoms with E-state index in [-0.39, 0.29) is 5.91 Å². The fraction of sp³-hybridized carbons (Fsp3) is 0.350. The second-order valence-corrected chi connectivity index (χ2v) is 7.15. The Hall–Kier alpha value is -1.78. The molecule has 1 N–H and O–H groups in total. The van der Waals surface area contributed by atoms with Gasteiger partial charge in [-0.05, 0) is 30.5 Å². The van der Waals surface area contributed by atoms with Crippen molar-refractivity contribution in [1.29, 1.82) is 0 Å². The summed E-state index contributed by atoms with van der Waals surface area (Å²) in [7, 11) is 0. The molecule has 1 heterocycles. The number of rotatable bonds is 6. The molecule has 0 aromatic heterocycles. The summed E-state index contributed by atoms with van der Waals surface area (Å²) in [5.41, 5.74) is 0.651. The SMILES string of the molecule is O=C(NCCSc1ccccc1)C1(c2ccccc2)CCOCC1. The van der Waals surface area contributed by atoms with Crippen molar-refractivity contribution in [3.63, 3.8) is 0 Å². The van der Waals surface area contributed by atoms with Crippen LogP contribution in [0.1, 0.15) is 18.4 Å². The lowest BCUT2D eigenvalue weighted by molar-refractivity contribution is -0.130. The van der Waals surface area contributed by atoms with Gasteiger partial charge < -0.3 is 10.1 Å². The Kier molecular flexibility index (Phi) is 5.94. The molecule has 1 fully saturated rings. The van der Waals surface area contributed by atoms with E-state index in [2.05, 4.69) is 29.6 Å². The van der Waals surface area contributed by atoms with Crippen LogP contribution >= 0.6 is 11.8 Å². The highest BCUT2D eigenvalue weighted by molar-refractivity contribution is 7.99. The summed E-state index contributed by atoms with van der Waals surface area (Å²) in [6, 6.07) is 20.4. The maximum Gasteiger partial charge on any atom is 0.230 e. The van der Waals surface area contributed by atoms with Crippen molar-refractivity contribution in [2.75, 3.05) is 25.5 Å². The van der Waals surface area contributed by atoms with Crippen molar-refractivity contribution >= 4 is 17.7 Å². The number of amides is 1. The smallest absolute Gasteiger partial charge is 0.230 e. The van der Waals surface area contributed by atoms with Gasteiger partial charge in [0.05, 0.1) is 5.41 Å². The number of hydrogen-bond acceptors (Lipinski definition) is 3. The molecule has 0 unspecified atom stereocenters. The molecular weight excluding hydrogens is 318 g/mol. The molecule has 1 aliphatic rings. The third kappa shape index (κ3) is 4.00. The molecule has 24 heavy (non-hydrogen) atoms. The topological polar surface area (TPSA) is 38.3 Å². The van der Waals surface area contributed by atoms with E-state index in [1.54, 1.807) is 11.8 Å². The standard InChI is InChI=1S/C20H23NO2S/c22-19(21-13-16-24-18-9-5-2-6-10-18)20(11-14-23-15-12-20)17-7-3-1-4-8-17/h1-10H,11-16H2,(H,21,22). The zero-order valence-corrected chi connectivity index (χ0v) is 14.6. The molecule has 126 valence electrons. The Morgan fingerprint density at radius 1 is 1.00 bits per heavy atom. The van der Waals surface area contributed by atoms with E-state index in [4.69, 9.17) is 4.74 Å². The van der Waals surface area contributed by atoms with Crippen LogP contribution in [0.3, 0.4) is 0 Å². The lowest BCUT2D eigenvalue weighted by atomic mass is 9.73. The number of benzene rings is 2. The van der Waals surface area contributed by atoms with Crippen LogP contribution in [-0.2, 0) is 14.9 Å². The molecule has 2 aromatic rings. The van der Waals surface area contributed by atoms with Crippen molar-refractivity contribution in [2.45, 2.75) is 23.2 Å². The summed E-state index contributed by atoms with van der Waals surface area (Å²) in [6.45, 7) is 1.95. The minimum Gasteiger partial charge on any atom is -0.381 e. The van der Waals surface area contributed by atoms with Gasteiger partial charge in [0, 0.05) is 30.4 Å². The highest BCUT2D eigenvalue weighted by Gasteiger charge is 2.41. The van der Waals surface area contributed by atoms with E-state index in [1.165, 1.54) is 4.90 Å². The molecule has 3 nitrogen and oxygen atoms in total. The van der Waals surface area contributed by atoms with Gasteiger partial charge >= 0.3 is 0 Å². The van der Waals surface area contributed by atoms with Gasteiger partial charge in [0.15, 0.2) is 0 Å². The van der Waals surface area contributed by atoms with Crippen LogP contribution in [-0.4, -0.2) is 31.4 Å². The first-order valence-electron chi connectivity index (χ1n) is 8.41. The Bertz CT molecular complexity index is 639. The molecule has 1 aliphatic heterocycles. The first-order chi connectivity index (χ1) is 11.8. The Morgan fingerprint density at radius 2 is 1.62 bits per heavy atom. The molecule has 4 heteroatoms. The van der Waals surface area contributed by atoms with Crippen LogP contribution in [0.5, 0.6) is 0 Å². The van der Waals surface area contributed by atoms with Gasteiger partial charge in [-0.3, -0.25) is 4.79 Å². The van der Waals surface area contributed by atoms with Gasteiger partial charge in [0.1, 0.15) is 0 Å². The Morgan fingerprint density at radius 3 is 2.29 bits per heavy atom. The van der Waals surface area contributed by atoms with Gasteiger partial charge in [0.2, 0.25) is 5.91 Å². The summed E-state index contributed by atoms with van der Waals surface area (Å²) in [5, 5.41) is 3.15. The highest BCUT2D eigenvalue weighted by atomic mass is 32.2. The number of thioether (sulfide) groups is 1. The summed E-state index contributed by atoms with van der Waals surface area (Å²) in [6.07, 6.45) is 1.49. The zero-order valence-electron chi connectivity index (χ0n) is 13.7. The second kappa shape index (κ2) is 8.36. The van der Waals surface area contributed by atoms with Crippen molar-refractivity contribution in [2.24, 2.45) is 0 Å². The number of nitrogens with one attached hydrogen (secondary N) is 1. The maximum atomic E-state index is 13.0. The molecule has 0 bridgehead atoms. The minimum atomic E-state index is -0.447. The van der Waals surface area contributed by atoms with Gasteiger partial charge in [-0.25, -0.2) is 0 Å². The van der Waals surface area contributed by atoms with Crippen molar-refractivity contribution in [1.82, 2.24) is 5.32 Å². The van der Waals surface area contributed by atoms with Gasteiger partial charge in [-0.1, -0.05) is 48.5 Å². The monoisotopic (exact) mass is 341 g/mol. The van der Waals surface area contributed by atoms with Gasteiger partial charge in [-0.15, -0.1) is 11.8 Å². The average molecular weight is 341 g/mol. The lowest BCUT2D eigenvalue weighted by Crippen LogP contribution is -2.48. The zero-order chi connectivity index (χ0) is 16.7. The average Bonchev–Trinajstić information content (AvgIpc) is 2.67. The van der Waals surface area contributed by atoms with E-state index in [1.807, 2.05) is 36.4 Å². The highest BCUT2D eigenvalue weighted by Crippen LogP contribution is 2.35. The van der Waals surface area contributed by atoms with E-state index in [9.17, 15) is 4.79 Å². The van der Waals surface area contributed by atoms with Crippen molar-refractivity contribution in [3.8, 4) is 0 Å². The van der Waals surface area contributed by atoms with Crippen LogP contribution in [0.4, 0.5) is 0 Å². The Balaban J connectivity index is 1.60. The maximum absolute atomic E-state index is 13.0. The lowest BCUT2D eigenvalue weighted by Gasteiger charge is -2.36. The number of carbonyl (C=O) groups excluding carboxylic acids is 1. The molecule has 2 aromatic carbocycles. The molecule has 0 atom stereocenters. The molecule has 0 spiro atoms. The van der Waals surface area contributed by atoms with E-state index >= 15 is 0 Å². The van der Waals surface area contributed by atoms with Crippen LogP contribution in [0.2, 0.25) is 0 Å². The number of hydrogen-bond donors (Lipinski definition) is 1. The fourth-order valence-corrected chi connectivity index (χ4v) is 3.93. The fourth-order valence-electron chi connectivity index (χ4n) is 3.14. The molecular formula is C20H23NO2S. The van der Waals surface area contributed by atoms with Crippen molar-refractivity contribution in [3.05, 3.63) is 66.2 Å². The molecule has 1 saturated heterocycles. The van der Waals surface area contributed by atoms with Gasteiger partial charge in [-0.2, -0.15) is 0 Å². The second-order valence-electron chi connectivity index (χ2n) is 5.98. The largest absolute Gasteiger partial charge is 0.381 e.